The van der Waals surface area contributed by atoms with Gasteiger partial charge in [0, 0.05) is 12.2 Å². The molecule has 16 heavy (non-hydrogen) atoms. The van der Waals surface area contributed by atoms with Crippen molar-refractivity contribution in [1.82, 2.24) is 10.3 Å². The van der Waals surface area contributed by atoms with Crippen molar-refractivity contribution in [3.63, 3.8) is 0 Å². The van der Waals surface area contributed by atoms with Crippen LogP contribution in [0.15, 0.2) is 18.3 Å². The zero-order chi connectivity index (χ0) is 11.6. The largest absolute Gasteiger partial charge is 0.384 e. The lowest BCUT2D eigenvalue weighted by Crippen LogP contribution is -2.24. The van der Waals surface area contributed by atoms with Crippen molar-refractivity contribution in [3.8, 4) is 0 Å². The highest BCUT2D eigenvalue weighted by Gasteiger charge is 2.34. The van der Waals surface area contributed by atoms with E-state index in [-0.39, 0.29) is 0 Å². The molecular weight excluding hydrogens is 198 g/mol. The second-order valence-electron chi connectivity index (χ2n) is 5.30. The number of hydrogen-bond acceptors (Lipinski definition) is 3. The van der Waals surface area contributed by atoms with E-state index < -0.39 is 0 Å². The van der Waals surface area contributed by atoms with Crippen LogP contribution in [-0.4, -0.2) is 18.1 Å². The summed E-state index contributed by atoms with van der Waals surface area (Å²) in [5.74, 6) is 0.629. The molecule has 0 saturated heterocycles. The van der Waals surface area contributed by atoms with E-state index in [4.69, 9.17) is 5.73 Å². The van der Waals surface area contributed by atoms with E-state index in [2.05, 4.69) is 30.3 Å². The van der Waals surface area contributed by atoms with Gasteiger partial charge in [0.1, 0.15) is 5.82 Å². The zero-order valence-electron chi connectivity index (χ0n) is 10.2. The Morgan fingerprint density at radius 1 is 1.62 bits per heavy atom. The minimum Gasteiger partial charge on any atom is -0.384 e. The molecule has 3 heteroatoms. The van der Waals surface area contributed by atoms with Gasteiger partial charge in [-0.3, -0.25) is 0 Å². The quantitative estimate of drug-likeness (QED) is 0.817. The average Bonchev–Trinajstić information content (AvgIpc) is 2.60. The van der Waals surface area contributed by atoms with Gasteiger partial charge in [-0.1, -0.05) is 6.92 Å². The molecule has 1 saturated carbocycles. The van der Waals surface area contributed by atoms with Crippen LogP contribution in [0.3, 0.4) is 0 Å². The molecule has 2 unspecified atom stereocenters. The van der Waals surface area contributed by atoms with Crippen LogP contribution in [0.5, 0.6) is 0 Å². The highest BCUT2D eigenvalue weighted by atomic mass is 14.9. The van der Waals surface area contributed by atoms with E-state index in [1.165, 1.54) is 24.8 Å². The van der Waals surface area contributed by atoms with E-state index in [1.807, 2.05) is 6.07 Å². The molecule has 0 bridgehead atoms. The second-order valence-corrected chi connectivity index (χ2v) is 5.30. The first-order valence-corrected chi connectivity index (χ1v) is 5.99. The second kappa shape index (κ2) is 4.42. The first-order valence-electron chi connectivity index (χ1n) is 5.99. The molecule has 0 aliphatic heterocycles. The minimum absolute atomic E-state index is 0.418. The van der Waals surface area contributed by atoms with Crippen LogP contribution in [0.2, 0.25) is 0 Å². The van der Waals surface area contributed by atoms with Crippen molar-refractivity contribution in [3.05, 3.63) is 23.9 Å². The maximum atomic E-state index is 5.71. The lowest BCUT2D eigenvalue weighted by atomic mass is 9.82. The molecular formula is C13H21N3. The van der Waals surface area contributed by atoms with E-state index in [1.54, 1.807) is 6.20 Å². The first-order chi connectivity index (χ1) is 7.61. The Morgan fingerprint density at radius 2 is 2.44 bits per heavy atom. The third-order valence-corrected chi connectivity index (χ3v) is 3.72. The van der Waals surface area contributed by atoms with Crippen molar-refractivity contribution >= 4 is 5.82 Å². The van der Waals surface area contributed by atoms with Crippen LogP contribution in [0.25, 0.3) is 0 Å². The van der Waals surface area contributed by atoms with Gasteiger partial charge < -0.3 is 11.1 Å². The number of hydrogen-bond donors (Lipinski definition) is 2. The number of aromatic nitrogens is 1. The van der Waals surface area contributed by atoms with Gasteiger partial charge in [0.05, 0.1) is 0 Å². The molecule has 2 rings (SSSR count). The summed E-state index contributed by atoms with van der Waals surface area (Å²) >= 11 is 0. The SMILES string of the molecule is CNC1CCC(C)(Cc2ccnc(N)c2)C1. The van der Waals surface area contributed by atoms with Gasteiger partial charge >= 0.3 is 0 Å². The van der Waals surface area contributed by atoms with Gasteiger partial charge in [0.2, 0.25) is 0 Å². The van der Waals surface area contributed by atoms with E-state index in [0.29, 0.717) is 17.3 Å². The fraction of sp³-hybridized carbons (Fsp3) is 0.615. The summed E-state index contributed by atoms with van der Waals surface area (Å²) in [6.45, 7) is 2.38. The predicted molar refractivity (Wildman–Crippen MR) is 67.2 cm³/mol. The Bertz CT molecular complexity index is 364. The third kappa shape index (κ3) is 2.53. The topological polar surface area (TPSA) is 50.9 Å². The molecule has 1 aromatic heterocycles. The minimum atomic E-state index is 0.418. The summed E-state index contributed by atoms with van der Waals surface area (Å²) in [5.41, 5.74) is 7.44. The summed E-state index contributed by atoms with van der Waals surface area (Å²) in [7, 11) is 2.06. The van der Waals surface area contributed by atoms with Crippen LogP contribution < -0.4 is 11.1 Å². The molecule has 3 N–H and O–H groups in total. The Morgan fingerprint density at radius 3 is 3.06 bits per heavy atom. The van der Waals surface area contributed by atoms with Crippen LogP contribution >= 0.6 is 0 Å². The highest BCUT2D eigenvalue weighted by Crippen LogP contribution is 2.40. The smallest absolute Gasteiger partial charge is 0.123 e. The van der Waals surface area contributed by atoms with Gasteiger partial charge in [0.15, 0.2) is 0 Å². The van der Waals surface area contributed by atoms with Gasteiger partial charge in [-0.2, -0.15) is 0 Å². The molecule has 3 nitrogen and oxygen atoms in total. The molecule has 0 amide bonds. The average molecular weight is 219 g/mol. The van der Waals surface area contributed by atoms with Crippen molar-refractivity contribution < 1.29 is 0 Å². The summed E-state index contributed by atoms with van der Waals surface area (Å²) in [6.07, 6.45) is 6.75. The number of nitrogens with one attached hydrogen (secondary N) is 1. The maximum absolute atomic E-state index is 5.71. The van der Waals surface area contributed by atoms with Crippen LogP contribution in [0, 0.1) is 5.41 Å². The molecule has 1 aliphatic carbocycles. The predicted octanol–water partition coefficient (Wildman–Crippen LogP) is 1.98. The molecule has 1 fully saturated rings. The van der Waals surface area contributed by atoms with Crippen LogP contribution in [0.4, 0.5) is 5.82 Å². The first kappa shape index (κ1) is 11.4. The monoisotopic (exact) mass is 219 g/mol. The normalized spacial score (nSPS) is 29.5. The fourth-order valence-electron chi connectivity index (χ4n) is 2.83. The van der Waals surface area contributed by atoms with E-state index in [9.17, 15) is 0 Å². The van der Waals surface area contributed by atoms with E-state index >= 15 is 0 Å². The summed E-state index contributed by atoms with van der Waals surface area (Å²) in [6, 6.07) is 4.76. The lowest BCUT2D eigenvalue weighted by molar-refractivity contribution is 0.324. The van der Waals surface area contributed by atoms with Gasteiger partial charge in [0.25, 0.3) is 0 Å². The Balaban J connectivity index is 2.04. The van der Waals surface area contributed by atoms with E-state index in [0.717, 1.165) is 6.42 Å². The molecule has 1 aliphatic rings. The van der Waals surface area contributed by atoms with Crippen LogP contribution in [-0.2, 0) is 6.42 Å². The molecule has 0 spiro atoms. The summed E-state index contributed by atoms with van der Waals surface area (Å²) in [4.78, 5) is 4.03. The van der Waals surface area contributed by atoms with Crippen molar-refractivity contribution in [2.45, 2.75) is 38.6 Å². The van der Waals surface area contributed by atoms with Crippen molar-refractivity contribution in [2.24, 2.45) is 5.41 Å². The Hall–Kier alpha value is -1.09. The van der Waals surface area contributed by atoms with Gasteiger partial charge in [-0.15, -0.1) is 0 Å². The van der Waals surface area contributed by atoms with Gasteiger partial charge in [-0.25, -0.2) is 4.98 Å². The van der Waals surface area contributed by atoms with Gasteiger partial charge in [-0.05, 0) is 55.8 Å². The zero-order valence-corrected chi connectivity index (χ0v) is 10.2. The number of rotatable bonds is 3. The van der Waals surface area contributed by atoms with Crippen molar-refractivity contribution in [2.75, 3.05) is 12.8 Å². The number of nitrogen functional groups attached to an aromatic ring is 1. The fourth-order valence-corrected chi connectivity index (χ4v) is 2.83. The third-order valence-electron chi connectivity index (χ3n) is 3.72. The molecule has 88 valence electrons. The summed E-state index contributed by atoms with van der Waals surface area (Å²) < 4.78 is 0. The standard InChI is InChI=1S/C13H21N3/c1-13(5-3-11(9-13)15-2)8-10-4-6-16-12(14)7-10/h4,6-7,11,15H,3,5,8-9H2,1-2H3,(H2,14,16). The lowest BCUT2D eigenvalue weighted by Gasteiger charge is -2.24. The molecule has 0 radical (unpaired) electrons. The highest BCUT2D eigenvalue weighted by molar-refractivity contribution is 5.32. The number of nitrogens with two attached hydrogens (primary N) is 1. The van der Waals surface area contributed by atoms with Crippen LogP contribution in [0.1, 0.15) is 31.7 Å². The molecule has 1 heterocycles. The molecule has 2 atom stereocenters. The summed E-state index contributed by atoms with van der Waals surface area (Å²) in [5, 5.41) is 3.38. The van der Waals surface area contributed by atoms with Crippen molar-refractivity contribution in [1.29, 1.82) is 0 Å². The number of pyridine rings is 1. The number of nitrogens with zero attached hydrogens (tertiary/aromatic N) is 1. The molecule has 0 aromatic carbocycles. The Labute approximate surface area is 97.5 Å². The number of anilines is 1. The maximum Gasteiger partial charge on any atom is 0.123 e. The molecule has 1 aromatic rings. The Kier molecular flexibility index (Phi) is 3.15.